The zero-order chi connectivity index (χ0) is 35.1. The van der Waals surface area contributed by atoms with Gasteiger partial charge in [-0.15, -0.1) is 15.0 Å². The number of fused-ring (bicyclic) bond motifs is 9. The minimum atomic E-state index is 0.360. The van der Waals surface area contributed by atoms with Crippen LogP contribution in [0.25, 0.3) is 80.3 Å². The summed E-state index contributed by atoms with van der Waals surface area (Å²) in [5.41, 5.74) is 5.22. The quantitative estimate of drug-likeness (QED) is 0.0996. The zero-order valence-corrected chi connectivity index (χ0v) is 27.5. The maximum Gasteiger partial charge on any atom is 0.328 e. The maximum atomic E-state index is 9.79. The minimum absolute atomic E-state index is 0.360. The van der Waals surface area contributed by atoms with Gasteiger partial charge in [-0.3, -0.25) is 0 Å². The number of rotatable bonds is 0. The Morgan fingerprint density at radius 2 is 1.14 bits per heavy atom. The monoisotopic (exact) mass is 675 g/mol. The second-order valence-electron chi connectivity index (χ2n) is 11.1. The fourth-order valence-corrected chi connectivity index (χ4v) is 6.35. The molecule has 9 rings (SSSR count). The molecule has 1 N–H and O–H groups in total. The van der Waals surface area contributed by atoms with Crippen LogP contribution in [0.1, 0.15) is 0 Å². The van der Waals surface area contributed by atoms with E-state index in [1.165, 1.54) is 0 Å². The standard InChI is InChI=1S/C12H7ClN4.C12H9N4O.C12H8N4/c1-14-10-5-7-9(6-16-10)17(2)12-11(7)8(13)3-4-15-12;1-13-11-6-9-8-4-3-5-16(17)12(8)15(2)10(9)7-14-11;1-13-11-6-9-8-4-3-5-14-12(8)16(2)10(9)7-15-11/h3-6H,2H3;3-7,17H,2H3;3-7H,2H3/q;+1;. The maximum absolute atomic E-state index is 9.79. The lowest BCUT2D eigenvalue weighted by Gasteiger charge is -1.95. The summed E-state index contributed by atoms with van der Waals surface area (Å²) in [4.78, 5) is 30.8. The van der Waals surface area contributed by atoms with Crippen LogP contribution in [-0.4, -0.2) is 43.8 Å². The molecule has 13 nitrogen and oxygen atoms in total. The third kappa shape index (κ3) is 5.10. The van der Waals surface area contributed by atoms with Crippen LogP contribution in [0.2, 0.25) is 5.02 Å². The van der Waals surface area contributed by atoms with Crippen LogP contribution in [-0.2, 0) is 21.1 Å². The molecule has 0 aliphatic heterocycles. The van der Waals surface area contributed by atoms with Crippen LogP contribution in [0.4, 0.5) is 17.5 Å². The van der Waals surface area contributed by atoms with E-state index in [0.29, 0.717) is 28.1 Å². The lowest BCUT2D eigenvalue weighted by molar-refractivity contribution is -0.886. The van der Waals surface area contributed by atoms with Crippen molar-refractivity contribution in [3.05, 3.63) is 125 Å². The van der Waals surface area contributed by atoms with Crippen molar-refractivity contribution in [2.75, 3.05) is 0 Å². The molecule has 0 aromatic carbocycles. The highest BCUT2D eigenvalue weighted by atomic mass is 35.5. The van der Waals surface area contributed by atoms with Gasteiger partial charge in [0.15, 0.2) is 11.7 Å². The summed E-state index contributed by atoms with van der Waals surface area (Å²) in [6.07, 6.45) is 10.1. The average Bonchev–Trinajstić information content (AvgIpc) is 3.73. The molecule has 0 atom stereocenters. The topological polar surface area (TPSA) is 116 Å². The first kappa shape index (κ1) is 31.5. The predicted octanol–water partition coefficient (Wildman–Crippen LogP) is 7.80. The lowest BCUT2D eigenvalue weighted by atomic mass is 10.2. The Balaban J connectivity index is 0.000000118. The highest BCUT2D eigenvalue weighted by Gasteiger charge is 2.20. The van der Waals surface area contributed by atoms with Gasteiger partial charge in [0.1, 0.15) is 29.9 Å². The van der Waals surface area contributed by atoms with Crippen LogP contribution < -0.4 is 4.73 Å². The number of hydrogen-bond donors (Lipinski definition) is 1. The number of aromatic nitrogens is 9. The van der Waals surface area contributed by atoms with Crippen molar-refractivity contribution in [3.63, 3.8) is 0 Å². The van der Waals surface area contributed by atoms with Crippen molar-refractivity contribution < 1.29 is 9.94 Å². The summed E-state index contributed by atoms with van der Waals surface area (Å²) in [7, 11) is 5.72. The van der Waals surface area contributed by atoms with Crippen molar-refractivity contribution in [3.8, 4) is 0 Å². The number of hydrogen-bond acceptors (Lipinski definition) is 6. The van der Waals surface area contributed by atoms with Crippen LogP contribution in [0.5, 0.6) is 0 Å². The van der Waals surface area contributed by atoms with E-state index in [9.17, 15) is 5.21 Å². The molecule has 0 saturated carbocycles. The fraction of sp³-hybridized carbons (Fsp3) is 0.0833. The normalized spacial score (nSPS) is 10.8. The Morgan fingerprint density at radius 3 is 1.78 bits per heavy atom. The molecule has 0 spiro atoms. The largest absolute Gasteiger partial charge is 0.361 e. The molecule has 0 bridgehead atoms. The molecule has 50 heavy (non-hydrogen) atoms. The smallest absolute Gasteiger partial charge is 0.328 e. The molecule has 9 aromatic heterocycles. The van der Waals surface area contributed by atoms with Gasteiger partial charge in [-0.05, 0) is 48.5 Å². The van der Waals surface area contributed by atoms with Crippen molar-refractivity contribution in [1.29, 1.82) is 0 Å². The van der Waals surface area contributed by atoms with Gasteiger partial charge in [-0.2, -0.15) is 0 Å². The van der Waals surface area contributed by atoms with Gasteiger partial charge in [0, 0.05) is 53.4 Å². The number of aryl methyl sites for hydroxylation is 3. The Labute approximate surface area is 288 Å². The molecule has 0 aliphatic carbocycles. The number of pyridine rings is 6. The molecular weight excluding hydrogens is 652 g/mol. The van der Waals surface area contributed by atoms with E-state index in [1.807, 2.05) is 59.1 Å². The second-order valence-corrected chi connectivity index (χ2v) is 11.6. The van der Waals surface area contributed by atoms with Gasteiger partial charge in [0.25, 0.3) is 17.5 Å². The summed E-state index contributed by atoms with van der Waals surface area (Å²) in [5.74, 6) is 1.15. The van der Waals surface area contributed by atoms with Crippen LogP contribution in [0.15, 0.2) is 85.7 Å². The molecule has 0 saturated heterocycles. The molecule has 9 aromatic rings. The van der Waals surface area contributed by atoms with Crippen LogP contribution >= 0.6 is 11.6 Å². The van der Waals surface area contributed by atoms with Crippen molar-refractivity contribution >= 4 is 94.9 Å². The highest BCUT2D eigenvalue weighted by molar-refractivity contribution is 6.37. The van der Waals surface area contributed by atoms with E-state index in [4.69, 9.17) is 31.3 Å². The molecule has 0 aliphatic rings. The average molecular weight is 676 g/mol. The van der Waals surface area contributed by atoms with E-state index in [2.05, 4.69) is 39.5 Å². The summed E-state index contributed by atoms with van der Waals surface area (Å²) in [5, 5.41) is 16.1. The van der Waals surface area contributed by atoms with Crippen LogP contribution in [0.3, 0.4) is 0 Å². The van der Waals surface area contributed by atoms with Gasteiger partial charge in [0.05, 0.1) is 28.5 Å². The van der Waals surface area contributed by atoms with Crippen molar-refractivity contribution in [2.45, 2.75) is 0 Å². The molecule has 14 heteroatoms. The summed E-state index contributed by atoms with van der Waals surface area (Å²) in [6, 6.07) is 14.6. The summed E-state index contributed by atoms with van der Waals surface area (Å²) >= 11 is 6.19. The molecule has 9 heterocycles. The first-order valence-corrected chi connectivity index (χ1v) is 15.3. The summed E-state index contributed by atoms with van der Waals surface area (Å²) < 4.78 is 6.85. The molecule has 240 valence electrons. The van der Waals surface area contributed by atoms with E-state index in [1.54, 1.807) is 61.4 Å². The second kappa shape index (κ2) is 12.5. The third-order valence-corrected chi connectivity index (χ3v) is 8.77. The number of nitrogens with zero attached hydrogens (tertiary/aromatic N) is 12. The fourth-order valence-electron chi connectivity index (χ4n) is 6.11. The van der Waals surface area contributed by atoms with Gasteiger partial charge in [-0.1, -0.05) is 36.0 Å². The Hall–Kier alpha value is -7.14. The predicted molar refractivity (Wildman–Crippen MR) is 191 cm³/mol. The molecule has 0 amide bonds. The van der Waals surface area contributed by atoms with Gasteiger partial charge in [-0.25, -0.2) is 14.5 Å². The molecule has 0 unspecified atom stereocenters. The Kier molecular flexibility index (Phi) is 7.85. The van der Waals surface area contributed by atoms with E-state index in [0.717, 1.165) is 64.9 Å². The van der Waals surface area contributed by atoms with Crippen molar-refractivity contribution in [2.24, 2.45) is 21.1 Å². The van der Waals surface area contributed by atoms with Gasteiger partial charge in [0.2, 0.25) is 0 Å². The van der Waals surface area contributed by atoms with E-state index >= 15 is 0 Å². The highest BCUT2D eigenvalue weighted by Crippen LogP contribution is 2.33. The van der Waals surface area contributed by atoms with Gasteiger partial charge >= 0.3 is 5.65 Å². The summed E-state index contributed by atoms with van der Waals surface area (Å²) in [6.45, 7) is 20.9. The van der Waals surface area contributed by atoms with Gasteiger partial charge < -0.3 is 28.9 Å². The Bertz CT molecular complexity index is 2930. The van der Waals surface area contributed by atoms with Crippen molar-refractivity contribution in [1.82, 2.24) is 38.6 Å². The molecular formula is C36H24ClN12O+. The first-order chi connectivity index (χ1) is 24.2. The van der Waals surface area contributed by atoms with Crippen LogP contribution in [0, 0.1) is 19.7 Å². The Morgan fingerprint density at radius 1 is 0.620 bits per heavy atom. The molecule has 0 radical (unpaired) electrons. The minimum Gasteiger partial charge on any atom is -0.361 e. The first-order valence-electron chi connectivity index (χ1n) is 14.9. The number of halogens is 1. The SMILES string of the molecule is [C-]#[N+]c1cc2c3c(Cl)ccnc3n(C)c2cn1.[C-]#[N+]c1cc2c3ccc[n+](O)c3n(C)c2cn1.[C-]#[N+]c1cc2c3cccnc3n(C)c2cn1. The molecule has 0 fully saturated rings. The van der Waals surface area contributed by atoms with E-state index in [-0.39, 0.29) is 0 Å². The van der Waals surface area contributed by atoms with E-state index < -0.39 is 0 Å². The lowest BCUT2D eigenvalue weighted by Crippen LogP contribution is -2.31. The zero-order valence-electron chi connectivity index (χ0n) is 26.8. The third-order valence-electron chi connectivity index (χ3n) is 8.45.